The first-order valence-electron chi connectivity index (χ1n) is 12.2. The number of hydrogen-bond acceptors (Lipinski definition) is 8. The first-order chi connectivity index (χ1) is 18.5. The fourth-order valence-corrected chi connectivity index (χ4v) is 6.39. The molecule has 0 aromatic carbocycles. The fraction of sp³-hybridized carbons (Fsp3) is 0.214. The molecule has 0 fully saturated rings. The van der Waals surface area contributed by atoms with Gasteiger partial charge in [-0.1, -0.05) is 61.2 Å². The lowest BCUT2D eigenvalue weighted by Crippen LogP contribution is -2.33. The van der Waals surface area contributed by atoms with Gasteiger partial charge >= 0.3 is 0 Å². The molecule has 2 aromatic heterocycles. The van der Waals surface area contributed by atoms with Gasteiger partial charge in [0.2, 0.25) is 0 Å². The van der Waals surface area contributed by atoms with E-state index < -0.39 is 0 Å². The van der Waals surface area contributed by atoms with Gasteiger partial charge in [-0.15, -0.1) is 13.2 Å². The van der Waals surface area contributed by atoms with E-state index in [0.717, 1.165) is 12.8 Å². The van der Waals surface area contributed by atoms with Crippen LogP contribution >= 0.6 is 23.5 Å². The van der Waals surface area contributed by atoms with E-state index in [0.29, 0.717) is 46.2 Å². The minimum atomic E-state index is -0.194. The molecule has 194 valence electrons. The minimum Gasteiger partial charge on any atom is -0.282 e. The Kier molecular flexibility index (Phi) is 9.45. The van der Waals surface area contributed by atoms with Crippen molar-refractivity contribution in [3.8, 4) is 0 Å². The quantitative estimate of drug-likeness (QED) is 0.231. The maximum atomic E-state index is 13.1. The average Bonchev–Trinajstić information content (AvgIpc) is 3.36. The van der Waals surface area contributed by atoms with Crippen molar-refractivity contribution in [2.45, 2.75) is 24.3 Å². The predicted octanol–water partition coefficient (Wildman–Crippen LogP) is 5.22. The van der Waals surface area contributed by atoms with Crippen molar-refractivity contribution in [2.24, 2.45) is 9.98 Å². The summed E-state index contributed by atoms with van der Waals surface area (Å²) in [6.07, 6.45) is 11.8. The number of pyridine rings is 2. The summed E-state index contributed by atoms with van der Waals surface area (Å²) in [6.45, 7) is 10.4. The van der Waals surface area contributed by atoms with Crippen LogP contribution in [0.1, 0.15) is 31.2 Å². The second kappa shape index (κ2) is 13.2. The largest absolute Gasteiger partial charge is 0.282 e. The van der Waals surface area contributed by atoms with Crippen LogP contribution in [0.3, 0.4) is 0 Å². The third kappa shape index (κ3) is 6.56. The molecule has 2 aliphatic rings. The minimum absolute atomic E-state index is 0.0406. The van der Waals surface area contributed by atoms with E-state index in [9.17, 15) is 9.59 Å². The molecule has 10 heteroatoms. The van der Waals surface area contributed by atoms with Crippen LogP contribution in [0.5, 0.6) is 0 Å². The van der Waals surface area contributed by atoms with E-state index in [2.05, 4.69) is 40.0 Å². The highest BCUT2D eigenvalue weighted by Crippen LogP contribution is 2.37. The van der Waals surface area contributed by atoms with Gasteiger partial charge in [-0.2, -0.15) is 0 Å². The van der Waals surface area contributed by atoms with Gasteiger partial charge < -0.3 is 0 Å². The Morgan fingerprint density at radius 1 is 0.816 bits per heavy atom. The molecule has 0 radical (unpaired) electrons. The standard InChI is InChI=1S/C28H28N6O2S2/c1-4-11-24(37-27-31-22(25(35)33(27)16-5-2)18-20-12-7-9-14-29-20)38-28-32-23(26(36)34(28)17-6-3)19-21-13-8-10-15-30-21/h5-10,12-15,18-19,24H,2-4,11,16-17H2,1H3/b22-18-,23-19-. The molecule has 0 spiro atoms. The zero-order valence-corrected chi connectivity index (χ0v) is 22.7. The van der Waals surface area contributed by atoms with Crippen molar-refractivity contribution < 1.29 is 9.59 Å². The fourth-order valence-electron chi connectivity index (χ4n) is 3.64. The van der Waals surface area contributed by atoms with Crippen LogP contribution in [0, 0.1) is 0 Å². The van der Waals surface area contributed by atoms with E-state index in [-0.39, 0.29) is 16.4 Å². The Morgan fingerprint density at radius 2 is 1.29 bits per heavy atom. The summed E-state index contributed by atoms with van der Waals surface area (Å²) >= 11 is 2.98. The molecule has 4 heterocycles. The number of rotatable bonds is 10. The molecule has 0 saturated heterocycles. The topological polar surface area (TPSA) is 91.1 Å². The lowest BCUT2D eigenvalue weighted by atomic mass is 10.3. The third-order valence-corrected chi connectivity index (χ3v) is 8.01. The van der Waals surface area contributed by atoms with Crippen molar-refractivity contribution in [1.29, 1.82) is 0 Å². The number of hydrogen-bond donors (Lipinski definition) is 0. The maximum Gasteiger partial charge on any atom is 0.278 e. The van der Waals surface area contributed by atoms with Gasteiger partial charge in [-0.25, -0.2) is 9.98 Å². The molecule has 0 bridgehead atoms. The molecule has 38 heavy (non-hydrogen) atoms. The molecule has 2 amide bonds. The molecule has 8 nitrogen and oxygen atoms in total. The van der Waals surface area contributed by atoms with Gasteiger partial charge in [0.05, 0.1) is 16.0 Å². The molecule has 4 rings (SSSR count). The number of nitrogens with zero attached hydrogens (tertiary/aromatic N) is 6. The number of amidine groups is 2. The van der Waals surface area contributed by atoms with E-state index in [1.54, 1.807) is 46.5 Å². The molecule has 0 N–H and O–H groups in total. The van der Waals surface area contributed by atoms with E-state index in [1.807, 2.05) is 36.4 Å². The predicted molar refractivity (Wildman–Crippen MR) is 157 cm³/mol. The SMILES string of the molecule is C=CCN1C(=O)/C(=C/c2ccccn2)N=C1SC(CCC)SC1=N/C(=C\c2ccccn2)C(=O)N1CC=C. The summed E-state index contributed by atoms with van der Waals surface area (Å²) in [5.41, 5.74) is 1.98. The summed E-state index contributed by atoms with van der Waals surface area (Å²) in [4.78, 5) is 47.4. The van der Waals surface area contributed by atoms with Gasteiger partial charge in [0.1, 0.15) is 11.4 Å². The Balaban J connectivity index is 1.60. The molecule has 0 unspecified atom stereocenters. The van der Waals surface area contributed by atoms with Crippen molar-refractivity contribution in [3.63, 3.8) is 0 Å². The van der Waals surface area contributed by atoms with Crippen molar-refractivity contribution >= 4 is 57.8 Å². The molecule has 2 aliphatic heterocycles. The molecule has 0 aliphatic carbocycles. The summed E-state index contributed by atoms with van der Waals surface area (Å²) in [7, 11) is 0. The lowest BCUT2D eigenvalue weighted by molar-refractivity contribution is -0.123. The number of amides is 2. The zero-order chi connectivity index (χ0) is 26.9. The van der Waals surface area contributed by atoms with Crippen LogP contribution in [0.15, 0.2) is 95.5 Å². The van der Waals surface area contributed by atoms with Crippen molar-refractivity contribution in [2.75, 3.05) is 13.1 Å². The number of aliphatic imine (C=N–C) groups is 2. The molecule has 0 saturated carbocycles. The monoisotopic (exact) mass is 544 g/mol. The van der Waals surface area contributed by atoms with Gasteiger partial charge in [-0.05, 0) is 42.8 Å². The molecule has 0 atom stereocenters. The first kappa shape index (κ1) is 27.3. The highest BCUT2D eigenvalue weighted by atomic mass is 32.2. The highest BCUT2D eigenvalue weighted by molar-refractivity contribution is 8.30. The van der Waals surface area contributed by atoms with Crippen LogP contribution in [0.4, 0.5) is 0 Å². The summed E-state index contributed by atoms with van der Waals surface area (Å²) in [6, 6.07) is 11.0. The normalized spacial score (nSPS) is 18.2. The first-order valence-corrected chi connectivity index (χ1v) is 13.9. The van der Waals surface area contributed by atoms with Gasteiger partial charge in [0.25, 0.3) is 11.8 Å². The Labute approximate surface area is 231 Å². The summed E-state index contributed by atoms with van der Waals surface area (Å²) < 4.78 is -0.0406. The van der Waals surface area contributed by atoms with Gasteiger partial charge in [0.15, 0.2) is 10.3 Å². The van der Waals surface area contributed by atoms with E-state index in [1.165, 1.54) is 23.5 Å². The van der Waals surface area contributed by atoms with Crippen LogP contribution in [0.25, 0.3) is 12.2 Å². The average molecular weight is 545 g/mol. The van der Waals surface area contributed by atoms with Crippen LogP contribution in [-0.4, -0.2) is 59.6 Å². The molecule has 2 aromatic rings. The Hall–Kier alpha value is -3.76. The second-order valence-electron chi connectivity index (χ2n) is 8.22. The smallest absolute Gasteiger partial charge is 0.278 e. The van der Waals surface area contributed by atoms with E-state index in [4.69, 9.17) is 0 Å². The van der Waals surface area contributed by atoms with Crippen LogP contribution < -0.4 is 0 Å². The van der Waals surface area contributed by atoms with Crippen LogP contribution in [0.2, 0.25) is 0 Å². The zero-order valence-electron chi connectivity index (χ0n) is 21.1. The van der Waals surface area contributed by atoms with Crippen LogP contribution in [-0.2, 0) is 9.59 Å². The Bertz CT molecular complexity index is 1220. The Morgan fingerprint density at radius 3 is 1.66 bits per heavy atom. The van der Waals surface area contributed by atoms with Crippen molar-refractivity contribution in [1.82, 2.24) is 19.8 Å². The summed E-state index contributed by atoms with van der Waals surface area (Å²) in [5, 5.41) is 1.18. The maximum absolute atomic E-state index is 13.1. The number of aromatic nitrogens is 2. The van der Waals surface area contributed by atoms with Gasteiger partial charge in [0, 0.05) is 25.5 Å². The number of carbonyl (C=O) groups excluding carboxylic acids is 2. The number of carbonyl (C=O) groups is 2. The molecular formula is C28H28N6O2S2. The van der Waals surface area contributed by atoms with Gasteiger partial charge in [-0.3, -0.25) is 29.4 Å². The molecular weight excluding hydrogens is 516 g/mol. The van der Waals surface area contributed by atoms with E-state index >= 15 is 0 Å². The lowest BCUT2D eigenvalue weighted by Gasteiger charge is -2.22. The number of thioether (sulfide) groups is 2. The summed E-state index contributed by atoms with van der Waals surface area (Å²) in [5.74, 6) is -0.388. The van der Waals surface area contributed by atoms with Crippen molar-refractivity contribution in [3.05, 3.63) is 96.9 Å². The third-order valence-electron chi connectivity index (χ3n) is 5.39. The highest BCUT2D eigenvalue weighted by Gasteiger charge is 2.35. The second-order valence-corrected chi connectivity index (χ2v) is 10.9.